The van der Waals surface area contributed by atoms with Crippen LogP contribution in [0.15, 0.2) is 18.2 Å². The van der Waals surface area contributed by atoms with Gasteiger partial charge in [0.25, 0.3) is 5.91 Å². The molecule has 0 saturated heterocycles. The van der Waals surface area contributed by atoms with Crippen molar-refractivity contribution in [3.05, 3.63) is 23.1 Å². The number of rotatable bonds is 7. The van der Waals surface area contributed by atoms with Crippen LogP contribution in [0.2, 0.25) is 0 Å². The Balaban J connectivity index is 2.08. The van der Waals surface area contributed by atoms with Crippen LogP contribution in [0.25, 0.3) is 10.1 Å². The minimum atomic E-state index is -0.321. The summed E-state index contributed by atoms with van der Waals surface area (Å²) in [6.45, 7) is 2.33. The summed E-state index contributed by atoms with van der Waals surface area (Å²) in [4.78, 5) is 24.0. The van der Waals surface area contributed by atoms with Crippen LogP contribution in [0.5, 0.6) is 11.5 Å². The van der Waals surface area contributed by atoms with Gasteiger partial charge in [-0.2, -0.15) is 0 Å². The van der Waals surface area contributed by atoms with E-state index in [2.05, 4.69) is 5.32 Å². The Morgan fingerprint density at radius 1 is 1.13 bits per heavy atom. The van der Waals surface area contributed by atoms with Crippen LogP contribution >= 0.6 is 11.3 Å². The zero-order valence-electron chi connectivity index (χ0n) is 13.3. The Hall–Kier alpha value is -2.28. The zero-order chi connectivity index (χ0) is 16.8. The molecule has 124 valence electrons. The molecule has 0 bridgehead atoms. The second-order valence-electron chi connectivity index (χ2n) is 4.67. The monoisotopic (exact) mass is 337 g/mol. The summed E-state index contributed by atoms with van der Waals surface area (Å²) in [6, 6.07) is 5.47. The number of methoxy groups -OCH3 is 2. The number of thiophene rings is 1. The molecule has 7 heteroatoms. The lowest BCUT2D eigenvalue weighted by molar-refractivity contribution is -0.142. The maximum Gasteiger partial charge on any atom is 0.307 e. The van der Waals surface area contributed by atoms with E-state index in [4.69, 9.17) is 14.2 Å². The Morgan fingerprint density at radius 3 is 2.48 bits per heavy atom. The van der Waals surface area contributed by atoms with Gasteiger partial charge in [0.2, 0.25) is 0 Å². The number of amides is 1. The van der Waals surface area contributed by atoms with Gasteiger partial charge in [-0.25, -0.2) is 0 Å². The molecule has 0 saturated carbocycles. The topological polar surface area (TPSA) is 73.9 Å². The van der Waals surface area contributed by atoms with Crippen molar-refractivity contribution in [2.75, 3.05) is 27.4 Å². The fourth-order valence-corrected chi connectivity index (χ4v) is 3.07. The third kappa shape index (κ3) is 4.13. The second-order valence-corrected chi connectivity index (χ2v) is 5.75. The largest absolute Gasteiger partial charge is 0.493 e. The van der Waals surface area contributed by atoms with Crippen molar-refractivity contribution in [3.8, 4) is 11.5 Å². The van der Waals surface area contributed by atoms with Gasteiger partial charge < -0.3 is 19.5 Å². The van der Waals surface area contributed by atoms with E-state index in [1.807, 2.05) is 12.1 Å². The first kappa shape index (κ1) is 17.1. The first-order valence-corrected chi connectivity index (χ1v) is 8.00. The van der Waals surface area contributed by atoms with Crippen LogP contribution in [0.3, 0.4) is 0 Å². The fourth-order valence-electron chi connectivity index (χ4n) is 2.08. The van der Waals surface area contributed by atoms with Gasteiger partial charge in [0, 0.05) is 17.3 Å². The van der Waals surface area contributed by atoms with Gasteiger partial charge in [0.05, 0.1) is 32.1 Å². The van der Waals surface area contributed by atoms with E-state index in [-0.39, 0.29) is 24.8 Å². The van der Waals surface area contributed by atoms with Crippen molar-refractivity contribution in [1.29, 1.82) is 0 Å². The summed E-state index contributed by atoms with van der Waals surface area (Å²) in [5, 5.41) is 3.62. The third-order valence-electron chi connectivity index (χ3n) is 3.17. The predicted octanol–water partition coefficient (Wildman–Crippen LogP) is 2.60. The van der Waals surface area contributed by atoms with E-state index >= 15 is 0 Å². The summed E-state index contributed by atoms with van der Waals surface area (Å²) in [7, 11) is 3.14. The van der Waals surface area contributed by atoms with E-state index in [0.717, 1.165) is 10.1 Å². The summed E-state index contributed by atoms with van der Waals surface area (Å²) < 4.78 is 16.3. The van der Waals surface area contributed by atoms with Crippen molar-refractivity contribution in [3.63, 3.8) is 0 Å². The quantitative estimate of drug-likeness (QED) is 0.786. The number of ether oxygens (including phenoxy) is 3. The molecule has 0 aliphatic rings. The molecule has 6 nitrogen and oxygen atoms in total. The SMILES string of the molecule is CCOC(=O)CCNC(=O)c1cc2cc(OC)c(OC)cc2s1. The highest BCUT2D eigenvalue weighted by Crippen LogP contribution is 2.36. The first-order chi connectivity index (χ1) is 11.1. The van der Waals surface area contributed by atoms with Gasteiger partial charge in [-0.05, 0) is 24.4 Å². The summed E-state index contributed by atoms with van der Waals surface area (Å²) in [6.07, 6.45) is 0.159. The number of carbonyl (C=O) groups is 2. The van der Waals surface area contributed by atoms with Gasteiger partial charge in [-0.15, -0.1) is 11.3 Å². The van der Waals surface area contributed by atoms with Gasteiger partial charge in [0.15, 0.2) is 11.5 Å². The molecule has 2 rings (SSSR count). The van der Waals surface area contributed by atoms with E-state index in [1.54, 1.807) is 27.2 Å². The molecule has 0 atom stereocenters. The molecule has 23 heavy (non-hydrogen) atoms. The molecule has 2 aromatic rings. The van der Waals surface area contributed by atoms with Gasteiger partial charge in [0.1, 0.15) is 0 Å². The number of hydrogen-bond acceptors (Lipinski definition) is 6. The fraction of sp³-hybridized carbons (Fsp3) is 0.375. The molecule has 1 heterocycles. The van der Waals surface area contributed by atoms with Crippen molar-refractivity contribution in [1.82, 2.24) is 5.32 Å². The molecule has 1 aromatic heterocycles. The van der Waals surface area contributed by atoms with Crippen LogP contribution in [0.1, 0.15) is 23.0 Å². The zero-order valence-corrected chi connectivity index (χ0v) is 14.1. The highest BCUT2D eigenvalue weighted by Gasteiger charge is 2.14. The van der Waals surface area contributed by atoms with Crippen molar-refractivity contribution in [2.45, 2.75) is 13.3 Å². The second kappa shape index (κ2) is 7.82. The van der Waals surface area contributed by atoms with Gasteiger partial charge in [-0.1, -0.05) is 0 Å². The number of carbonyl (C=O) groups excluding carboxylic acids is 2. The smallest absolute Gasteiger partial charge is 0.307 e. The third-order valence-corrected chi connectivity index (χ3v) is 4.26. The van der Waals surface area contributed by atoms with E-state index in [9.17, 15) is 9.59 Å². The molecule has 0 aliphatic carbocycles. The van der Waals surface area contributed by atoms with Crippen LogP contribution < -0.4 is 14.8 Å². The first-order valence-electron chi connectivity index (χ1n) is 7.18. The molecular weight excluding hydrogens is 318 g/mol. The molecule has 0 radical (unpaired) electrons. The van der Waals surface area contributed by atoms with Gasteiger partial charge >= 0.3 is 5.97 Å². The molecule has 0 unspecified atom stereocenters. The minimum Gasteiger partial charge on any atom is -0.493 e. The average Bonchev–Trinajstić information content (AvgIpc) is 2.96. The van der Waals surface area contributed by atoms with Crippen molar-refractivity contribution in [2.24, 2.45) is 0 Å². The maximum atomic E-state index is 12.1. The number of benzene rings is 1. The molecule has 1 amide bonds. The number of esters is 1. The lowest BCUT2D eigenvalue weighted by atomic mass is 10.2. The Labute approximate surface area is 138 Å². The van der Waals surface area contributed by atoms with E-state index in [0.29, 0.717) is 23.0 Å². The summed E-state index contributed by atoms with van der Waals surface area (Å²) in [5.41, 5.74) is 0. The molecule has 0 fully saturated rings. The van der Waals surface area contributed by atoms with Crippen LogP contribution in [0, 0.1) is 0 Å². The lowest BCUT2D eigenvalue weighted by Crippen LogP contribution is -2.25. The number of fused-ring (bicyclic) bond motifs is 1. The van der Waals surface area contributed by atoms with Gasteiger partial charge in [-0.3, -0.25) is 9.59 Å². The lowest BCUT2D eigenvalue weighted by Gasteiger charge is -2.06. The van der Waals surface area contributed by atoms with E-state index < -0.39 is 0 Å². The summed E-state index contributed by atoms with van der Waals surface area (Å²) >= 11 is 1.36. The minimum absolute atomic E-state index is 0.159. The number of hydrogen-bond donors (Lipinski definition) is 1. The molecule has 0 aliphatic heterocycles. The van der Waals surface area contributed by atoms with Crippen molar-refractivity contribution < 1.29 is 23.8 Å². The average molecular weight is 337 g/mol. The highest BCUT2D eigenvalue weighted by molar-refractivity contribution is 7.20. The predicted molar refractivity (Wildman–Crippen MR) is 88.5 cm³/mol. The van der Waals surface area contributed by atoms with Crippen LogP contribution in [-0.4, -0.2) is 39.2 Å². The van der Waals surface area contributed by atoms with Crippen molar-refractivity contribution >= 4 is 33.3 Å². The normalized spacial score (nSPS) is 10.4. The Kier molecular flexibility index (Phi) is 5.81. The standard InChI is InChI=1S/C16H19NO5S/c1-4-22-15(18)5-6-17-16(19)14-8-10-7-11(20-2)12(21-3)9-13(10)23-14/h7-9H,4-6H2,1-3H3,(H,17,19). The molecular formula is C16H19NO5S. The summed E-state index contributed by atoms with van der Waals surface area (Å²) in [5.74, 6) is 0.704. The number of nitrogens with one attached hydrogen (secondary N) is 1. The Morgan fingerprint density at radius 2 is 1.83 bits per heavy atom. The maximum absolute atomic E-state index is 12.1. The molecule has 1 aromatic carbocycles. The Bertz CT molecular complexity index is 669. The highest BCUT2D eigenvalue weighted by atomic mass is 32.1. The van der Waals surface area contributed by atoms with Crippen LogP contribution in [0.4, 0.5) is 0 Å². The molecule has 1 N–H and O–H groups in total. The molecule has 0 spiro atoms. The van der Waals surface area contributed by atoms with Crippen LogP contribution in [-0.2, 0) is 9.53 Å². The van der Waals surface area contributed by atoms with E-state index in [1.165, 1.54) is 11.3 Å².